The summed E-state index contributed by atoms with van der Waals surface area (Å²) in [7, 11) is 0. The number of likely N-dealkylation sites (tertiary alicyclic amines) is 1. The summed E-state index contributed by atoms with van der Waals surface area (Å²) in [5, 5.41) is 2.83. The molecule has 0 spiro atoms. The molecule has 2 atom stereocenters. The van der Waals surface area contributed by atoms with E-state index in [0.717, 1.165) is 41.3 Å². The minimum Gasteiger partial charge on any atom is -0.356 e. The smallest absolute Gasteiger partial charge is 0.233 e. The first-order valence-corrected chi connectivity index (χ1v) is 9.62. The molecule has 3 rings (SSSR count). The van der Waals surface area contributed by atoms with Crippen LogP contribution in [0.5, 0.6) is 0 Å². The number of carbonyl (C=O) groups is 3. The molecular formula is C17H21ClN2O3S. The van der Waals surface area contributed by atoms with Gasteiger partial charge in [-0.25, -0.2) is 0 Å². The van der Waals surface area contributed by atoms with Crippen LogP contribution in [-0.4, -0.2) is 35.7 Å². The van der Waals surface area contributed by atoms with Crippen molar-refractivity contribution in [1.82, 2.24) is 10.2 Å². The van der Waals surface area contributed by atoms with Crippen LogP contribution in [0.4, 0.5) is 0 Å². The van der Waals surface area contributed by atoms with E-state index in [2.05, 4.69) is 5.32 Å². The molecule has 2 heterocycles. The minimum absolute atomic E-state index is 0.0780. The van der Waals surface area contributed by atoms with Gasteiger partial charge in [0.2, 0.25) is 17.7 Å². The van der Waals surface area contributed by atoms with Crippen molar-refractivity contribution >= 4 is 40.7 Å². The number of imide groups is 1. The standard InChI is InChI=1S/C17H21ClN2O3S/c18-14-6-5-11(24-14)7-9-19-15(21)8-10-20-16(22)12-3-1-2-4-13(12)17(20)23/h5-6,12-13H,1-4,7-10H2,(H,19,21). The number of thiophene rings is 1. The zero-order valence-corrected chi connectivity index (χ0v) is 15.0. The number of nitrogens with one attached hydrogen (secondary N) is 1. The second-order valence-corrected chi connectivity index (χ2v) is 8.18. The molecule has 1 saturated carbocycles. The van der Waals surface area contributed by atoms with Crippen molar-refractivity contribution in [2.24, 2.45) is 11.8 Å². The van der Waals surface area contributed by atoms with Crippen molar-refractivity contribution in [2.45, 2.75) is 38.5 Å². The largest absolute Gasteiger partial charge is 0.356 e. The highest BCUT2D eigenvalue weighted by atomic mass is 35.5. The lowest BCUT2D eigenvalue weighted by molar-refractivity contribution is -0.140. The molecular weight excluding hydrogens is 348 g/mol. The highest BCUT2D eigenvalue weighted by molar-refractivity contribution is 7.16. The van der Waals surface area contributed by atoms with Crippen LogP contribution in [0.1, 0.15) is 37.0 Å². The van der Waals surface area contributed by atoms with E-state index in [1.807, 2.05) is 12.1 Å². The van der Waals surface area contributed by atoms with Crippen molar-refractivity contribution < 1.29 is 14.4 Å². The first-order valence-electron chi connectivity index (χ1n) is 8.42. The van der Waals surface area contributed by atoms with Gasteiger partial charge in [-0.15, -0.1) is 11.3 Å². The van der Waals surface area contributed by atoms with Gasteiger partial charge in [-0.2, -0.15) is 0 Å². The van der Waals surface area contributed by atoms with Gasteiger partial charge >= 0.3 is 0 Å². The summed E-state index contributed by atoms with van der Waals surface area (Å²) in [6.07, 6.45) is 4.54. The second kappa shape index (κ2) is 7.66. The van der Waals surface area contributed by atoms with E-state index in [-0.39, 0.29) is 42.5 Å². The van der Waals surface area contributed by atoms with Gasteiger partial charge in [-0.05, 0) is 31.4 Å². The molecule has 2 unspecified atom stereocenters. The van der Waals surface area contributed by atoms with Gasteiger partial charge in [0.15, 0.2) is 0 Å². The predicted octanol–water partition coefficient (Wildman–Crippen LogP) is 2.63. The number of rotatable bonds is 6. The Morgan fingerprint density at radius 3 is 2.46 bits per heavy atom. The van der Waals surface area contributed by atoms with Gasteiger partial charge in [-0.1, -0.05) is 24.4 Å². The fraction of sp³-hybridized carbons (Fsp3) is 0.588. The lowest BCUT2D eigenvalue weighted by atomic mass is 9.81. The van der Waals surface area contributed by atoms with Gasteiger partial charge in [-0.3, -0.25) is 19.3 Å². The van der Waals surface area contributed by atoms with Crippen molar-refractivity contribution in [3.05, 3.63) is 21.3 Å². The van der Waals surface area contributed by atoms with E-state index in [9.17, 15) is 14.4 Å². The van der Waals surface area contributed by atoms with Crippen LogP contribution < -0.4 is 5.32 Å². The Balaban J connectivity index is 1.42. The Kier molecular flexibility index (Phi) is 5.56. The Bertz CT molecular complexity index is 622. The third-order valence-electron chi connectivity index (χ3n) is 4.82. The Morgan fingerprint density at radius 1 is 1.21 bits per heavy atom. The molecule has 1 aromatic heterocycles. The zero-order valence-electron chi connectivity index (χ0n) is 13.4. The molecule has 1 aromatic rings. The Hall–Kier alpha value is -1.40. The summed E-state index contributed by atoms with van der Waals surface area (Å²) < 4.78 is 0.740. The summed E-state index contributed by atoms with van der Waals surface area (Å²) in [6.45, 7) is 0.726. The normalized spacial score (nSPS) is 23.5. The van der Waals surface area contributed by atoms with E-state index >= 15 is 0 Å². The topological polar surface area (TPSA) is 66.5 Å². The molecule has 0 radical (unpaired) electrons. The number of amides is 3. The molecule has 1 N–H and O–H groups in total. The molecule has 1 aliphatic heterocycles. The molecule has 130 valence electrons. The lowest BCUT2D eigenvalue weighted by Crippen LogP contribution is -2.35. The number of carbonyl (C=O) groups excluding carboxylic acids is 3. The zero-order chi connectivity index (χ0) is 17.1. The average molecular weight is 369 g/mol. The van der Waals surface area contributed by atoms with Crippen LogP contribution in [0.3, 0.4) is 0 Å². The van der Waals surface area contributed by atoms with Crippen LogP contribution in [-0.2, 0) is 20.8 Å². The molecule has 2 aliphatic rings. The molecule has 1 aliphatic carbocycles. The molecule has 2 fully saturated rings. The highest BCUT2D eigenvalue weighted by Gasteiger charge is 2.47. The first-order chi connectivity index (χ1) is 11.6. The Labute approximate surface area is 150 Å². The lowest BCUT2D eigenvalue weighted by Gasteiger charge is -2.19. The minimum atomic E-state index is -0.141. The highest BCUT2D eigenvalue weighted by Crippen LogP contribution is 2.37. The maximum Gasteiger partial charge on any atom is 0.233 e. The molecule has 7 heteroatoms. The molecule has 0 aromatic carbocycles. The molecule has 0 bridgehead atoms. The van der Waals surface area contributed by atoms with Gasteiger partial charge in [0.25, 0.3) is 0 Å². The van der Waals surface area contributed by atoms with Gasteiger partial charge in [0.1, 0.15) is 0 Å². The summed E-state index contributed by atoms with van der Waals surface area (Å²) in [5.74, 6) is -0.569. The average Bonchev–Trinajstić information content (AvgIpc) is 3.09. The van der Waals surface area contributed by atoms with E-state index in [1.165, 1.54) is 16.2 Å². The van der Waals surface area contributed by atoms with E-state index in [4.69, 9.17) is 11.6 Å². The maximum atomic E-state index is 12.3. The van der Waals surface area contributed by atoms with Gasteiger partial charge in [0, 0.05) is 24.4 Å². The summed E-state index contributed by atoms with van der Waals surface area (Å²) in [6, 6.07) is 3.79. The number of fused-ring (bicyclic) bond motifs is 1. The van der Waals surface area contributed by atoms with Crippen molar-refractivity contribution in [3.63, 3.8) is 0 Å². The fourth-order valence-electron chi connectivity index (χ4n) is 3.56. The van der Waals surface area contributed by atoms with Gasteiger partial charge < -0.3 is 5.32 Å². The molecule has 24 heavy (non-hydrogen) atoms. The van der Waals surface area contributed by atoms with E-state index < -0.39 is 0 Å². The van der Waals surface area contributed by atoms with Gasteiger partial charge in [0.05, 0.1) is 16.2 Å². The van der Waals surface area contributed by atoms with E-state index in [0.29, 0.717) is 6.54 Å². The SMILES string of the molecule is O=C(CCN1C(=O)C2CCCCC2C1=O)NCCc1ccc(Cl)s1. The summed E-state index contributed by atoms with van der Waals surface area (Å²) in [4.78, 5) is 39.0. The molecule has 1 saturated heterocycles. The molecule has 5 nitrogen and oxygen atoms in total. The van der Waals surface area contributed by atoms with Crippen LogP contribution in [0.15, 0.2) is 12.1 Å². The van der Waals surface area contributed by atoms with Crippen molar-refractivity contribution in [2.75, 3.05) is 13.1 Å². The van der Waals surface area contributed by atoms with Crippen molar-refractivity contribution in [1.29, 1.82) is 0 Å². The van der Waals surface area contributed by atoms with Crippen LogP contribution in [0.25, 0.3) is 0 Å². The number of nitrogens with zero attached hydrogens (tertiary/aromatic N) is 1. The summed E-state index contributed by atoms with van der Waals surface area (Å²) in [5.41, 5.74) is 0. The van der Waals surface area contributed by atoms with E-state index in [1.54, 1.807) is 0 Å². The number of hydrogen-bond acceptors (Lipinski definition) is 4. The quantitative estimate of drug-likeness (QED) is 0.785. The van der Waals surface area contributed by atoms with Crippen LogP contribution >= 0.6 is 22.9 Å². The van der Waals surface area contributed by atoms with Crippen LogP contribution in [0, 0.1) is 11.8 Å². The number of hydrogen-bond donors (Lipinski definition) is 1. The summed E-state index contributed by atoms with van der Waals surface area (Å²) >= 11 is 7.37. The number of halogens is 1. The third-order valence-corrected chi connectivity index (χ3v) is 6.11. The maximum absolute atomic E-state index is 12.3. The second-order valence-electron chi connectivity index (χ2n) is 6.38. The Morgan fingerprint density at radius 2 is 1.88 bits per heavy atom. The molecule has 3 amide bonds. The monoisotopic (exact) mass is 368 g/mol. The third kappa shape index (κ3) is 3.81. The first kappa shape index (κ1) is 17.4. The van der Waals surface area contributed by atoms with Crippen LogP contribution in [0.2, 0.25) is 4.34 Å². The predicted molar refractivity (Wildman–Crippen MR) is 92.8 cm³/mol. The fourth-order valence-corrected chi connectivity index (χ4v) is 4.65. The van der Waals surface area contributed by atoms with Crippen molar-refractivity contribution in [3.8, 4) is 0 Å².